The maximum Gasteiger partial charge on any atom is 1.00 e. The van der Waals surface area contributed by atoms with Crippen molar-refractivity contribution >= 4 is 32.9 Å². The van der Waals surface area contributed by atoms with Gasteiger partial charge in [-0.05, 0) is 13.8 Å². The third kappa shape index (κ3) is 27.9. The van der Waals surface area contributed by atoms with E-state index in [4.69, 9.17) is 30.6 Å². The molecule has 0 atom stereocenters. The van der Waals surface area contributed by atoms with Gasteiger partial charge < -0.3 is 41.3 Å². The van der Waals surface area contributed by atoms with E-state index in [1.54, 1.807) is 34.8 Å². The molecular formula is C12H18Cu2N8O6S2. The van der Waals surface area contributed by atoms with Crippen LogP contribution in [0, 0.1) is 44.5 Å². The summed E-state index contributed by atoms with van der Waals surface area (Å²) in [5.74, 6) is 0. The van der Waals surface area contributed by atoms with Crippen molar-refractivity contribution in [3.63, 3.8) is 0 Å². The molecule has 2 aromatic rings. The minimum atomic E-state index is -1.75. The van der Waals surface area contributed by atoms with Gasteiger partial charge in [0.15, 0.2) is 0 Å². The molecule has 2 heterocycles. The number of nitrogens with zero attached hydrogens (tertiary/aromatic N) is 6. The predicted molar refractivity (Wildman–Crippen MR) is 107 cm³/mol. The van der Waals surface area contributed by atoms with Crippen molar-refractivity contribution in [2.75, 3.05) is 23.7 Å². The molecule has 2 aromatic heterocycles. The van der Waals surface area contributed by atoms with E-state index in [0.717, 1.165) is 33.4 Å². The molecule has 0 aromatic carbocycles. The van der Waals surface area contributed by atoms with Gasteiger partial charge in [-0.1, -0.05) is 34.8 Å². The molecule has 0 saturated carbocycles. The van der Waals surface area contributed by atoms with Crippen LogP contribution in [-0.2, 0) is 34.1 Å². The second-order valence-corrected chi connectivity index (χ2v) is 6.40. The summed E-state index contributed by atoms with van der Waals surface area (Å²) in [5, 5.41) is 54.7. The molecule has 0 aliphatic heterocycles. The Morgan fingerprint density at radius 1 is 0.800 bits per heavy atom. The SMILES string of the molecule is C=CCNc1nnc(C)s1.C=CCNc1nnc(C)s1.O=[N+]([O-])[O-].O=[N+]([O-])[O-].[Cu+].[Cu+]. The number of nitrogens with one attached hydrogen (secondary N) is 2. The van der Waals surface area contributed by atoms with E-state index in [1.165, 1.54) is 0 Å². The van der Waals surface area contributed by atoms with E-state index in [1.807, 2.05) is 13.8 Å². The molecule has 0 fully saturated rings. The normalized spacial score (nSPS) is 7.80. The van der Waals surface area contributed by atoms with Crippen LogP contribution in [-0.4, -0.2) is 43.7 Å². The van der Waals surface area contributed by atoms with Crippen LogP contribution >= 0.6 is 22.7 Å². The Labute approximate surface area is 200 Å². The zero-order valence-corrected chi connectivity index (χ0v) is 19.1. The number of hydrogen-bond donors (Lipinski definition) is 2. The molecule has 176 valence electrons. The molecule has 0 radical (unpaired) electrons. The van der Waals surface area contributed by atoms with Crippen molar-refractivity contribution in [2.24, 2.45) is 0 Å². The van der Waals surface area contributed by atoms with Gasteiger partial charge in [0.25, 0.3) is 0 Å². The molecule has 0 unspecified atom stereocenters. The molecule has 2 rings (SSSR count). The summed E-state index contributed by atoms with van der Waals surface area (Å²) in [6.07, 6.45) is 3.58. The summed E-state index contributed by atoms with van der Waals surface area (Å²) in [6.45, 7) is 12.5. The van der Waals surface area contributed by atoms with Gasteiger partial charge in [0.2, 0.25) is 10.3 Å². The summed E-state index contributed by atoms with van der Waals surface area (Å²) < 4.78 is 0. The van der Waals surface area contributed by atoms with Crippen LogP contribution in [0.3, 0.4) is 0 Å². The van der Waals surface area contributed by atoms with Gasteiger partial charge in [-0.25, -0.2) is 0 Å². The van der Waals surface area contributed by atoms with Gasteiger partial charge in [0.05, 0.1) is 10.2 Å². The van der Waals surface area contributed by atoms with Crippen LogP contribution in [0.4, 0.5) is 10.3 Å². The first-order valence-corrected chi connectivity index (χ1v) is 8.68. The fourth-order valence-corrected chi connectivity index (χ4v) is 2.25. The predicted octanol–water partition coefficient (Wildman–Crippen LogP) is 2.41. The van der Waals surface area contributed by atoms with Crippen molar-refractivity contribution < 1.29 is 44.3 Å². The average molecular weight is 562 g/mol. The van der Waals surface area contributed by atoms with E-state index >= 15 is 0 Å². The Balaban J connectivity index is -0.000000160. The molecule has 18 heteroatoms. The van der Waals surface area contributed by atoms with Crippen LogP contribution in [0.25, 0.3) is 0 Å². The Kier molecular flexibility index (Phi) is 26.8. The fraction of sp³-hybridized carbons (Fsp3) is 0.333. The van der Waals surface area contributed by atoms with Crippen LogP contribution in [0.5, 0.6) is 0 Å². The molecule has 0 bridgehead atoms. The number of aryl methyl sites for hydroxylation is 2. The Bertz CT molecular complexity index is 665. The third-order valence-electron chi connectivity index (χ3n) is 1.85. The topological polar surface area (TPSA) is 208 Å². The molecule has 30 heavy (non-hydrogen) atoms. The summed E-state index contributed by atoms with van der Waals surface area (Å²) in [5.41, 5.74) is 0. The summed E-state index contributed by atoms with van der Waals surface area (Å²) in [7, 11) is 0. The molecule has 2 N–H and O–H groups in total. The van der Waals surface area contributed by atoms with Crippen LogP contribution < -0.4 is 10.6 Å². The van der Waals surface area contributed by atoms with Gasteiger partial charge in [0, 0.05) is 13.1 Å². The third-order valence-corrected chi connectivity index (χ3v) is 3.44. The second-order valence-electron chi connectivity index (χ2n) is 4.04. The smallest absolute Gasteiger partial charge is 0.357 e. The number of anilines is 2. The summed E-state index contributed by atoms with van der Waals surface area (Å²) >= 11 is 3.09. The maximum absolute atomic E-state index is 8.25. The van der Waals surface area contributed by atoms with E-state index in [2.05, 4.69) is 44.2 Å². The van der Waals surface area contributed by atoms with E-state index in [-0.39, 0.29) is 34.1 Å². The van der Waals surface area contributed by atoms with Gasteiger partial charge in [-0.15, -0.1) is 33.6 Å². The first-order valence-electron chi connectivity index (χ1n) is 7.05. The van der Waals surface area contributed by atoms with Crippen LogP contribution in [0.1, 0.15) is 10.0 Å². The van der Waals surface area contributed by atoms with E-state index < -0.39 is 10.2 Å². The molecule has 0 aliphatic rings. The van der Waals surface area contributed by atoms with Gasteiger partial charge in [-0.3, -0.25) is 0 Å². The Morgan fingerprint density at radius 3 is 1.23 bits per heavy atom. The quantitative estimate of drug-likeness (QED) is 0.225. The van der Waals surface area contributed by atoms with Crippen molar-refractivity contribution in [3.8, 4) is 0 Å². The average Bonchev–Trinajstić information content (AvgIpc) is 3.19. The monoisotopic (exact) mass is 560 g/mol. The number of aromatic nitrogens is 4. The van der Waals surface area contributed by atoms with Crippen LogP contribution in [0.2, 0.25) is 0 Å². The molecule has 14 nitrogen and oxygen atoms in total. The molecule has 0 aliphatic carbocycles. The van der Waals surface area contributed by atoms with Crippen LogP contribution in [0.15, 0.2) is 25.3 Å². The minimum absolute atomic E-state index is 0. The first-order chi connectivity index (χ1) is 13.1. The van der Waals surface area contributed by atoms with Crippen molar-refractivity contribution in [2.45, 2.75) is 13.8 Å². The zero-order chi connectivity index (χ0) is 21.9. The largest absolute Gasteiger partial charge is 1.00 e. The Hall–Kier alpha value is -2.36. The van der Waals surface area contributed by atoms with E-state index in [0.29, 0.717) is 0 Å². The minimum Gasteiger partial charge on any atom is -0.357 e. The standard InChI is InChI=1S/2C6H9N3S.2Cu.2NO3/c2*1-3-4-7-6-9-8-5(2)10-6;;;2*2-1(3)4/h2*3H,1,4H2,2H3,(H,7,9);;;;/q;;2*+1;2*-1. The molecule has 0 spiro atoms. The van der Waals surface area contributed by atoms with Crippen molar-refractivity contribution in [1.82, 2.24) is 20.4 Å². The molecule has 0 amide bonds. The number of rotatable bonds is 6. The van der Waals surface area contributed by atoms with Gasteiger partial charge in [0.1, 0.15) is 10.0 Å². The maximum atomic E-state index is 8.25. The number of hydrogen-bond acceptors (Lipinski definition) is 14. The Morgan fingerprint density at radius 2 is 1.07 bits per heavy atom. The molecular weight excluding hydrogens is 543 g/mol. The van der Waals surface area contributed by atoms with Gasteiger partial charge >= 0.3 is 34.1 Å². The summed E-state index contributed by atoms with van der Waals surface area (Å²) in [4.78, 5) is 16.5. The molecule has 0 saturated heterocycles. The van der Waals surface area contributed by atoms with Crippen molar-refractivity contribution in [1.29, 1.82) is 0 Å². The van der Waals surface area contributed by atoms with Crippen molar-refractivity contribution in [3.05, 3.63) is 66.0 Å². The van der Waals surface area contributed by atoms with Gasteiger partial charge in [-0.2, -0.15) is 0 Å². The van der Waals surface area contributed by atoms with E-state index in [9.17, 15) is 0 Å². The second kappa shape index (κ2) is 22.9. The zero-order valence-electron chi connectivity index (χ0n) is 15.5. The fourth-order valence-electron chi connectivity index (χ4n) is 1.05. The first kappa shape index (κ1) is 35.1. The summed E-state index contributed by atoms with van der Waals surface area (Å²) in [6, 6.07) is 0.